The van der Waals surface area contributed by atoms with Crippen molar-refractivity contribution in [1.82, 2.24) is 14.7 Å². The minimum atomic E-state index is -0.481. The largest absolute Gasteiger partial charge is 0.327 e. The number of aromatic nitrogens is 2. The van der Waals surface area contributed by atoms with E-state index in [4.69, 9.17) is 5.10 Å². The number of carbonyl (C=O) groups is 2. The van der Waals surface area contributed by atoms with Gasteiger partial charge in [0.05, 0.1) is 16.3 Å². The van der Waals surface area contributed by atoms with E-state index in [2.05, 4.69) is 5.32 Å². The van der Waals surface area contributed by atoms with E-state index in [1.165, 1.54) is 23.1 Å². The molecule has 0 saturated heterocycles. The number of rotatable bonds is 9. The summed E-state index contributed by atoms with van der Waals surface area (Å²) in [4.78, 5) is 37.9. The van der Waals surface area contributed by atoms with E-state index in [-0.39, 0.29) is 30.1 Å². The second-order valence-electron chi connectivity index (χ2n) is 9.32. The van der Waals surface area contributed by atoms with Gasteiger partial charge in [0.25, 0.3) is 5.69 Å². The predicted octanol–water partition coefficient (Wildman–Crippen LogP) is 5.64. The molecule has 4 aromatic rings. The van der Waals surface area contributed by atoms with Gasteiger partial charge in [-0.1, -0.05) is 48.0 Å². The maximum absolute atomic E-state index is 13.2. The number of anilines is 1. The number of hydrogen-bond donors (Lipinski definition) is 1. The summed E-state index contributed by atoms with van der Waals surface area (Å²) in [6, 6.07) is 24.9. The van der Waals surface area contributed by atoms with Gasteiger partial charge < -0.3 is 10.2 Å². The van der Waals surface area contributed by atoms with Crippen molar-refractivity contribution >= 4 is 29.4 Å². The van der Waals surface area contributed by atoms with Crippen LogP contribution in [-0.4, -0.2) is 44.0 Å². The third-order valence-corrected chi connectivity index (χ3v) is 6.07. The highest BCUT2D eigenvalue weighted by molar-refractivity contribution is 5.98. The molecule has 0 spiro atoms. The van der Waals surface area contributed by atoms with Crippen LogP contribution in [0.3, 0.4) is 0 Å². The number of nitrogens with zero attached hydrogens (tertiary/aromatic N) is 4. The summed E-state index contributed by atoms with van der Waals surface area (Å²) in [5, 5.41) is 18.5. The van der Waals surface area contributed by atoms with Crippen LogP contribution in [0.2, 0.25) is 0 Å². The van der Waals surface area contributed by atoms with Crippen LogP contribution in [0.1, 0.15) is 25.0 Å². The fourth-order valence-corrected chi connectivity index (χ4v) is 3.93. The Morgan fingerprint density at radius 1 is 1.03 bits per heavy atom. The van der Waals surface area contributed by atoms with Crippen LogP contribution in [0.15, 0.2) is 91.0 Å². The van der Waals surface area contributed by atoms with Crippen molar-refractivity contribution in [3.8, 4) is 16.9 Å². The van der Waals surface area contributed by atoms with Crippen LogP contribution in [0, 0.1) is 17.0 Å². The molecule has 1 N–H and O–H groups in total. The molecule has 0 aliphatic rings. The highest BCUT2D eigenvalue weighted by Gasteiger charge is 2.20. The van der Waals surface area contributed by atoms with Gasteiger partial charge in [0, 0.05) is 35.9 Å². The lowest BCUT2D eigenvalue weighted by Gasteiger charge is -2.25. The smallest absolute Gasteiger partial charge is 0.269 e. The number of aryl methyl sites for hydroxylation is 1. The Bertz CT molecular complexity index is 1490. The van der Waals surface area contributed by atoms with Gasteiger partial charge in [0.1, 0.15) is 12.4 Å². The average molecular weight is 524 g/mol. The van der Waals surface area contributed by atoms with Gasteiger partial charge in [-0.25, -0.2) is 4.68 Å². The quantitative estimate of drug-likeness (QED) is 0.173. The van der Waals surface area contributed by atoms with Crippen LogP contribution in [0.4, 0.5) is 11.5 Å². The van der Waals surface area contributed by atoms with Crippen LogP contribution < -0.4 is 5.32 Å². The molecular weight excluding hydrogens is 494 g/mol. The first-order valence-electron chi connectivity index (χ1n) is 12.5. The summed E-state index contributed by atoms with van der Waals surface area (Å²) < 4.78 is 1.68. The topological polar surface area (TPSA) is 110 Å². The summed E-state index contributed by atoms with van der Waals surface area (Å²) in [6.45, 7) is 5.49. The maximum Gasteiger partial charge on any atom is 0.269 e. The lowest BCUT2D eigenvalue weighted by Crippen LogP contribution is -2.41. The van der Waals surface area contributed by atoms with Crippen molar-refractivity contribution in [2.24, 2.45) is 0 Å². The number of carbonyl (C=O) groups excluding carboxylic acids is 2. The number of amides is 2. The molecule has 0 atom stereocenters. The normalized spacial score (nSPS) is 11.1. The number of non-ortho nitro benzene ring substituents is 1. The fraction of sp³-hybridized carbons (Fsp3) is 0.167. The molecule has 0 bridgehead atoms. The molecule has 198 valence electrons. The molecule has 0 aliphatic carbocycles. The van der Waals surface area contributed by atoms with Gasteiger partial charge >= 0.3 is 0 Å². The van der Waals surface area contributed by atoms with Gasteiger partial charge in [-0.3, -0.25) is 19.7 Å². The minimum absolute atomic E-state index is 0.0285. The van der Waals surface area contributed by atoms with Crippen LogP contribution in [-0.2, 0) is 9.59 Å². The zero-order chi connectivity index (χ0) is 27.9. The second kappa shape index (κ2) is 12.0. The maximum atomic E-state index is 13.2. The molecule has 9 nitrogen and oxygen atoms in total. The molecular formula is C30H29N5O4. The summed E-state index contributed by atoms with van der Waals surface area (Å²) >= 11 is 0. The Balaban J connectivity index is 1.52. The third kappa shape index (κ3) is 6.84. The van der Waals surface area contributed by atoms with E-state index in [0.717, 1.165) is 16.8 Å². The first-order chi connectivity index (χ1) is 18.7. The molecule has 3 aromatic carbocycles. The zero-order valence-corrected chi connectivity index (χ0v) is 21.9. The predicted molar refractivity (Wildman–Crippen MR) is 151 cm³/mol. The Kier molecular flexibility index (Phi) is 8.30. The van der Waals surface area contributed by atoms with Crippen LogP contribution >= 0.6 is 0 Å². The summed E-state index contributed by atoms with van der Waals surface area (Å²) in [5.74, 6) is -0.232. The van der Waals surface area contributed by atoms with Crippen molar-refractivity contribution in [3.63, 3.8) is 0 Å². The SMILES string of the molecule is Cc1ccc(-n2nc(-c3ccccc3)cc2NC(=O)CN(C(=O)/C=C/c2ccc([N+](=O)[O-])cc2)C(C)C)cc1. The van der Waals surface area contributed by atoms with E-state index in [9.17, 15) is 19.7 Å². The first kappa shape index (κ1) is 27.0. The Labute approximate surface area is 226 Å². The first-order valence-corrected chi connectivity index (χ1v) is 12.5. The Hall–Kier alpha value is -5.05. The standard InChI is InChI=1S/C30H29N5O4/c1-21(2)33(30(37)18-13-23-11-16-26(17-12-23)35(38)39)20-29(36)31-28-19-27(24-7-5-4-6-8-24)32-34(28)25-14-9-22(3)10-15-25/h4-19,21H,20H2,1-3H3,(H,31,36)/b18-13+. The number of nitro benzene ring substituents is 1. The number of hydrogen-bond acceptors (Lipinski definition) is 5. The van der Waals surface area contributed by atoms with Gasteiger partial charge in [-0.2, -0.15) is 5.10 Å². The highest BCUT2D eigenvalue weighted by atomic mass is 16.6. The van der Waals surface area contributed by atoms with Gasteiger partial charge in [0.15, 0.2) is 0 Å². The summed E-state index contributed by atoms with van der Waals surface area (Å²) in [6.07, 6.45) is 2.93. The fourth-order valence-electron chi connectivity index (χ4n) is 3.93. The Morgan fingerprint density at radius 2 is 1.69 bits per heavy atom. The summed E-state index contributed by atoms with van der Waals surface area (Å²) in [5.41, 5.74) is 4.12. The molecule has 0 aliphatic heterocycles. The average Bonchev–Trinajstić information content (AvgIpc) is 3.35. The molecule has 2 amide bonds. The summed E-state index contributed by atoms with van der Waals surface area (Å²) in [7, 11) is 0. The zero-order valence-electron chi connectivity index (χ0n) is 21.9. The number of nitrogens with one attached hydrogen (secondary N) is 1. The van der Waals surface area contributed by atoms with Gasteiger partial charge in [0.2, 0.25) is 11.8 Å². The second-order valence-corrected chi connectivity index (χ2v) is 9.32. The van der Waals surface area contributed by atoms with Crippen molar-refractivity contribution in [2.45, 2.75) is 26.8 Å². The van der Waals surface area contributed by atoms with Crippen LogP contribution in [0.25, 0.3) is 23.0 Å². The monoisotopic (exact) mass is 523 g/mol. The molecule has 39 heavy (non-hydrogen) atoms. The molecule has 0 saturated carbocycles. The van der Waals surface area contributed by atoms with Gasteiger partial charge in [-0.15, -0.1) is 0 Å². The molecule has 0 radical (unpaired) electrons. The van der Waals surface area contributed by atoms with E-state index < -0.39 is 4.92 Å². The number of benzene rings is 3. The van der Waals surface area contributed by atoms with E-state index in [1.54, 1.807) is 22.9 Å². The third-order valence-electron chi connectivity index (χ3n) is 6.07. The molecule has 0 fully saturated rings. The lowest BCUT2D eigenvalue weighted by molar-refractivity contribution is -0.384. The Morgan fingerprint density at radius 3 is 2.31 bits per heavy atom. The lowest BCUT2D eigenvalue weighted by atomic mass is 10.1. The van der Waals surface area contributed by atoms with Crippen molar-refractivity contribution in [3.05, 3.63) is 112 Å². The molecule has 0 unspecified atom stereocenters. The van der Waals surface area contributed by atoms with E-state index in [0.29, 0.717) is 17.1 Å². The molecule has 1 aromatic heterocycles. The molecule has 4 rings (SSSR count). The number of nitro groups is 1. The van der Waals surface area contributed by atoms with Crippen molar-refractivity contribution < 1.29 is 14.5 Å². The van der Waals surface area contributed by atoms with Crippen molar-refractivity contribution in [2.75, 3.05) is 11.9 Å². The van der Waals surface area contributed by atoms with Crippen LogP contribution in [0.5, 0.6) is 0 Å². The minimum Gasteiger partial charge on any atom is -0.327 e. The van der Waals surface area contributed by atoms with E-state index in [1.807, 2.05) is 81.4 Å². The molecule has 9 heteroatoms. The highest BCUT2D eigenvalue weighted by Crippen LogP contribution is 2.25. The molecule has 1 heterocycles. The van der Waals surface area contributed by atoms with Crippen molar-refractivity contribution in [1.29, 1.82) is 0 Å². The van der Waals surface area contributed by atoms with E-state index >= 15 is 0 Å². The van der Waals surface area contributed by atoms with Gasteiger partial charge in [-0.05, 0) is 56.7 Å².